The van der Waals surface area contributed by atoms with Gasteiger partial charge in [-0.05, 0) is 19.9 Å². The van der Waals surface area contributed by atoms with Crippen LogP contribution in [0.1, 0.15) is 19.0 Å². The molecule has 0 fully saturated rings. The highest BCUT2D eigenvalue weighted by molar-refractivity contribution is 5.87. The van der Waals surface area contributed by atoms with E-state index in [1.807, 2.05) is 13.0 Å². The first-order chi connectivity index (χ1) is 6.63. The summed E-state index contributed by atoms with van der Waals surface area (Å²) in [5.74, 6) is 0.655. The molecule has 3 N–H and O–H groups in total. The summed E-state index contributed by atoms with van der Waals surface area (Å²) in [5.41, 5.74) is 6.30. The van der Waals surface area contributed by atoms with Crippen LogP contribution < -0.4 is 11.1 Å². The number of nitrogens with two attached hydrogens (primary N) is 1. The van der Waals surface area contributed by atoms with Gasteiger partial charge in [0.25, 0.3) is 0 Å². The van der Waals surface area contributed by atoms with Gasteiger partial charge in [0, 0.05) is 19.5 Å². The Balaban J connectivity index is 2.74. The molecule has 14 heavy (non-hydrogen) atoms. The molecule has 0 saturated heterocycles. The van der Waals surface area contributed by atoms with Crippen LogP contribution in [0.5, 0.6) is 0 Å². The third-order valence-corrected chi connectivity index (χ3v) is 1.78. The predicted octanol–water partition coefficient (Wildman–Crippen LogP) is 0.499. The largest absolute Gasteiger partial charge is 0.330 e. The lowest BCUT2D eigenvalue weighted by Gasteiger charge is -2.05. The van der Waals surface area contributed by atoms with Crippen LogP contribution in [0.4, 0.5) is 5.82 Å². The van der Waals surface area contributed by atoms with E-state index < -0.39 is 0 Å². The summed E-state index contributed by atoms with van der Waals surface area (Å²) in [4.78, 5) is 10.9. The number of carbonyl (C=O) groups excluding carboxylic acids is 1. The number of anilines is 1. The van der Waals surface area contributed by atoms with Crippen molar-refractivity contribution in [2.24, 2.45) is 5.73 Å². The molecule has 0 spiro atoms. The second-order valence-corrected chi connectivity index (χ2v) is 3.22. The molecule has 0 aliphatic carbocycles. The fraction of sp³-hybridized carbons (Fsp3) is 0.556. The molecular weight excluding hydrogens is 180 g/mol. The minimum atomic E-state index is -0.0844. The van der Waals surface area contributed by atoms with Gasteiger partial charge in [-0.3, -0.25) is 4.79 Å². The second-order valence-electron chi connectivity index (χ2n) is 3.22. The SMILES string of the molecule is CC(=O)Nc1cc(C)nn1CCCN. The highest BCUT2D eigenvalue weighted by Crippen LogP contribution is 2.10. The molecular formula is C9H16N4O. The van der Waals surface area contributed by atoms with Gasteiger partial charge < -0.3 is 11.1 Å². The third kappa shape index (κ3) is 2.85. The predicted molar refractivity (Wildman–Crippen MR) is 54.9 cm³/mol. The highest BCUT2D eigenvalue weighted by atomic mass is 16.1. The Labute approximate surface area is 83.3 Å². The van der Waals surface area contributed by atoms with Crippen molar-refractivity contribution in [3.8, 4) is 0 Å². The van der Waals surface area contributed by atoms with Gasteiger partial charge in [0.15, 0.2) is 0 Å². The maximum atomic E-state index is 10.9. The van der Waals surface area contributed by atoms with E-state index in [0.717, 1.165) is 24.5 Å². The molecule has 1 aromatic rings. The average Bonchev–Trinajstić information content (AvgIpc) is 2.41. The van der Waals surface area contributed by atoms with E-state index in [2.05, 4.69) is 10.4 Å². The number of hydrogen-bond donors (Lipinski definition) is 2. The topological polar surface area (TPSA) is 72.9 Å². The zero-order chi connectivity index (χ0) is 10.6. The van der Waals surface area contributed by atoms with Crippen LogP contribution in [0.25, 0.3) is 0 Å². The van der Waals surface area contributed by atoms with E-state index >= 15 is 0 Å². The number of nitrogens with zero attached hydrogens (tertiary/aromatic N) is 2. The van der Waals surface area contributed by atoms with Crippen LogP contribution in [-0.4, -0.2) is 22.2 Å². The van der Waals surface area contributed by atoms with E-state index in [1.165, 1.54) is 6.92 Å². The van der Waals surface area contributed by atoms with Gasteiger partial charge in [-0.1, -0.05) is 0 Å². The van der Waals surface area contributed by atoms with Gasteiger partial charge in [-0.15, -0.1) is 0 Å². The molecule has 0 aliphatic rings. The summed E-state index contributed by atoms with van der Waals surface area (Å²) in [5, 5.41) is 6.97. The lowest BCUT2D eigenvalue weighted by molar-refractivity contribution is -0.114. The van der Waals surface area contributed by atoms with Gasteiger partial charge in [-0.25, -0.2) is 4.68 Å². The molecule has 0 aromatic carbocycles. The average molecular weight is 196 g/mol. The smallest absolute Gasteiger partial charge is 0.222 e. The minimum absolute atomic E-state index is 0.0844. The first kappa shape index (κ1) is 10.7. The van der Waals surface area contributed by atoms with Crippen LogP contribution in [0.2, 0.25) is 0 Å². The molecule has 0 aliphatic heterocycles. The molecule has 0 bridgehead atoms. The molecule has 1 aromatic heterocycles. The van der Waals surface area contributed by atoms with Crippen molar-refractivity contribution in [3.05, 3.63) is 11.8 Å². The van der Waals surface area contributed by atoms with Crippen molar-refractivity contribution >= 4 is 11.7 Å². The maximum Gasteiger partial charge on any atom is 0.222 e. The number of aromatic nitrogens is 2. The van der Waals surface area contributed by atoms with E-state index in [1.54, 1.807) is 4.68 Å². The zero-order valence-corrected chi connectivity index (χ0v) is 8.58. The maximum absolute atomic E-state index is 10.9. The number of hydrogen-bond acceptors (Lipinski definition) is 3. The number of rotatable bonds is 4. The van der Waals surface area contributed by atoms with Gasteiger partial charge >= 0.3 is 0 Å². The summed E-state index contributed by atoms with van der Waals surface area (Å²) in [7, 11) is 0. The third-order valence-electron chi connectivity index (χ3n) is 1.78. The van der Waals surface area contributed by atoms with Crippen molar-refractivity contribution in [3.63, 3.8) is 0 Å². The molecule has 1 amide bonds. The number of nitrogens with one attached hydrogen (secondary N) is 1. The highest BCUT2D eigenvalue weighted by Gasteiger charge is 2.05. The Morgan fingerprint density at radius 3 is 3.00 bits per heavy atom. The summed E-state index contributed by atoms with van der Waals surface area (Å²) in [6.07, 6.45) is 0.855. The Hall–Kier alpha value is -1.36. The molecule has 0 atom stereocenters. The summed E-state index contributed by atoms with van der Waals surface area (Å²) >= 11 is 0. The van der Waals surface area contributed by atoms with Crippen LogP contribution in [0.15, 0.2) is 6.07 Å². The van der Waals surface area contributed by atoms with Gasteiger partial charge in [-0.2, -0.15) is 5.10 Å². The molecule has 0 saturated carbocycles. The molecule has 1 rings (SSSR count). The number of amides is 1. The minimum Gasteiger partial charge on any atom is -0.330 e. The summed E-state index contributed by atoms with van der Waals surface area (Å²) < 4.78 is 1.77. The lowest BCUT2D eigenvalue weighted by atomic mass is 10.4. The van der Waals surface area contributed by atoms with Crippen LogP contribution in [0, 0.1) is 6.92 Å². The van der Waals surface area contributed by atoms with Gasteiger partial charge in [0.1, 0.15) is 5.82 Å². The van der Waals surface area contributed by atoms with Crippen LogP contribution in [0.3, 0.4) is 0 Å². The quantitative estimate of drug-likeness (QED) is 0.736. The Morgan fingerprint density at radius 2 is 2.43 bits per heavy atom. The molecule has 5 nitrogen and oxygen atoms in total. The van der Waals surface area contributed by atoms with Crippen LogP contribution in [-0.2, 0) is 11.3 Å². The Morgan fingerprint density at radius 1 is 1.71 bits per heavy atom. The van der Waals surface area contributed by atoms with Gasteiger partial charge in [0.05, 0.1) is 5.69 Å². The Kier molecular flexibility index (Phi) is 3.64. The fourth-order valence-corrected chi connectivity index (χ4v) is 1.24. The molecule has 78 valence electrons. The van der Waals surface area contributed by atoms with Gasteiger partial charge in [0.2, 0.25) is 5.91 Å². The number of aryl methyl sites for hydroxylation is 2. The van der Waals surface area contributed by atoms with E-state index in [9.17, 15) is 4.79 Å². The van der Waals surface area contributed by atoms with E-state index in [0.29, 0.717) is 6.54 Å². The molecule has 5 heteroatoms. The molecule has 0 radical (unpaired) electrons. The first-order valence-electron chi connectivity index (χ1n) is 4.65. The standard InChI is InChI=1S/C9H16N4O/c1-7-6-9(11-8(2)14)13(12-7)5-3-4-10/h6H,3-5,10H2,1-2H3,(H,11,14). The molecule has 0 unspecified atom stereocenters. The van der Waals surface area contributed by atoms with Crippen LogP contribution >= 0.6 is 0 Å². The van der Waals surface area contributed by atoms with Crippen molar-refractivity contribution in [1.82, 2.24) is 9.78 Å². The monoisotopic (exact) mass is 196 g/mol. The fourth-order valence-electron chi connectivity index (χ4n) is 1.24. The lowest BCUT2D eigenvalue weighted by Crippen LogP contribution is -2.13. The Bertz CT molecular complexity index is 319. The van der Waals surface area contributed by atoms with E-state index in [-0.39, 0.29) is 5.91 Å². The number of carbonyl (C=O) groups is 1. The zero-order valence-electron chi connectivity index (χ0n) is 8.58. The molecule has 1 heterocycles. The van der Waals surface area contributed by atoms with Crippen molar-refractivity contribution in [2.45, 2.75) is 26.8 Å². The van der Waals surface area contributed by atoms with Crippen molar-refractivity contribution in [1.29, 1.82) is 0 Å². The second kappa shape index (κ2) is 4.76. The van der Waals surface area contributed by atoms with E-state index in [4.69, 9.17) is 5.73 Å². The van der Waals surface area contributed by atoms with Crippen molar-refractivity contribution in [2.75, 3.05) is 11.9 Å². The normalized spacial score (nSPS) is 10.2. The summed E-state index contributed by atoms with van der Waals surface area (Å²) in [6.45, 7) is 4.73. The van der Waals surface area contributed by atoms with Crippen molar-refractivity contribution < 1.29 is 4.79 Å². The first-order valence-corrected chi connectivity index (χ1v) is 4.65. The summed E-state index contributed by atoms with van der Waals surface area (Å²) in [6, 6.07) is 1.85.